The third-order valence-electron chi connectivity index (χ3n) is 4.86. The first-order chi connectivity index (χ1) is 11.9. The summed E-state index contributed by atoms with van der Waals surface area (Å²) in [7, 11) is 0.0881. The van der Waals surface area contributed by atoms with Crippen LogP contribution in [0, 0.1) is 0 Å². The molecule has 0 spiro atoms. The highest BCUT2D eigenvalue weighted by atomic mass is 16.4. The fraction of sp³-hybridized carbons (Fsp3) is 0.800. The number of carbonyl (C=O) groups is 3. The van der Waals surface area contributed by atoms with Crippen LogP contribution in [0.3, 0.4) is 0 Å². The van der Waals surface area contributed by atoms with Crippen molar-refractivity contribution in [1.82, 2.24) is 20.4 Å². The molecule has 2 aliphatic heterocycles. The van der Waals surface area contributed by atoms with Crippen LogP contribution in [0.25, 0.3) is 0 Å². The number of hydrogen-bond acceptors (Lipinski definition) is 6. The van der Waals surface area contributed by atoms with Gasteiger partial charge in [-0.3, -0.25) is 14.4 Å². The van der Waals surface area contributed by atoms with E-state index in [1.807, 2.05) is 0 Å². The summed E-state index contributed by atoms with van der Waals surface area (Å²) in [5.74, 6) is -1.45. The van der Waals surface area contributed by atoms with E-state index in [0.29, 0.717) is 32.4 Å². The lowest BCUT2D eigenvalue weighted by molar-refractivity contribution is -0.140. The molecule has 0 radical (unpaired) electrons. The zero-order valence-electron chi connectivity index (χ0n) is 14.8. The Balaban J connectivity index is 1.95. The van der Waals surface area contributed by atoms with Gasteiger partial charge in [0.05, 0.1) is 12.5 Å². The SMILES string of the molecule is CNCC(=O)N1CCC[C@H]1C(=O)NC(C)C(=O)N1CCC[C@H]1B(O)O. The molecule has 0 aromatic carbocycles. The molecule has 3 amide bonds. The molecule has 25 heavy (non-hydrogen) atoms. The first-order valence-corrected chi connectivity index (χ1v) is 8.78. The Kier molecular flexibility index (Phi) is 6.80. The van der Waals surface area contributed by atoms with Crippen molar-refractivity contribution in [2.24, 2.45) is 0 Å². The van der Waals surface area contributed by atoms with E-state index in [2.05, 4.69) is 10.6 Å². The van der Waals surface area contributed by atoms with E-state index < -0.39 is 25.1 Å². The average Bonchev–Trinajstić information content (AvgIpc) is 3.23. The van der Waals surface area contributed by atoms with Crippen LogP contribution < -0.4 is 10.6 Å². The molecule has 2 aliphatic rings. The molecule has 1 unspecified atom stereocenters. The third-order valence-corrected chi connectivity index (χ3v) is 4.86. The summed E-state index contributed by atoms with van der Waals surface area (Å²) in [6, 6.07) is -1.34. The van der Waals surface area contributed by atoms with E-state index in [9.17, 15) is 24.4 Å². The molecule has 4 N–H and O–H groups in total. The summed E-state index contributed by atoms with van der Waals surface area (Å²) < 4.78 is 0. The van der Waals surface area contributed by atoms with Crippen molar-refractivity contribution in [3.05, 3.63) is 0 Å². The van der Waals surface area contributed by atoms with E-state index >= 15 is 0 Å². The molecule has 0 saturated carbocycles. The van der Waals surface area contributed by atoms with Gasteiger partial charge in [0.2, 0.25) is 17.7 Å². The average molecular weight is 354 g/mol. The summed E-state index contributed by atoms with van der Waals surface area (Å²) in [6.07, 6.45) is 2.55. The van der Waals surface area contributed by atoms with Crippen LogP contribution in [0.4, 0.5) is 0 Å². The molecule has 2 rings (SSSR count). The number of rotatable bonds is 6. The maximum absolute atomic E-state index is 12.5. The molecular formula is C15H27BN4O5. The minimum atomic E-state index is -1.58. The number of carbonyl (C=O) groups excluding carboxylic acids is 3. The summed E-state index contributed by atoms with van der Waals surface area (Å²) in [4.78, 5) is 40.1. The van der Waals surface area contributed by atoms with Crippen LogP contribution >= 0.6 is 0 Å². The first-order valence-electron chi connectivity index (χ1n) is 8.78. The number of nitrogens with one attached hydrogen (secondary N) is 2. The van der Waals surface area contributed by atoms with Crippen molar-refractivity contribution in [2.75, 3.05) is 26.7 Å². The van der Waals surface area contributed by atoms with E-state index in [1.165, 1.54) is 4.90 Å². The molecule has 2 fully saturated rings. The Morgan fingerprint density at radius 2 is 1.80 bits per heavy atom. The zero-order chi connectivity index (χ0) is 18.6. The Morgan fingerprint density at radius 1 is 1.16 bits per heavy atom. The minimum absolute atomic E-state index is 0.137. The van der Waals surface area contributed by atoms with Gasteiger partial charge in [0.1, 0.15) is 12.1 Å². The monoisotopic (exact) mass is 354 g/mol. The fourth-order valence-corrected chi connectivity index (χ4v) is 3.59. The number of hydrogen-bond donors (Lipinski definition) is 4. The lowest BCUT2D eigenvalue weighted by Crippen LogP contribution is -2.55. The van der Waals surface area contributed by atoms with Crippen molar-refractivity contribution >= 4 is 24.8 Å². The highest BCUT2D eigenvalue weighted by molar-refractivity contribution is 6.43. The van der Waals surface area contributed by atoms with E-state index in [-0.39, 0.29) is 24.3 Å². The summed E-state index contributed by atoms with van der Waals surface area (Å²) >= 11 is 0. The van der Waals surface area contributed by atoms with Crippen molar-refractivity contribution in [3.8, 4) is 0 Å². The smallest absolute Gasteiger partial charge is 0.426 e. The zero-order valence-corrected chi connectivity index (χ0v) is 14.8. The normalized spacial score (nSPS) is 24.3. The van der Waals surface area contributed by atoms with Crippen LogP contribution in [-0.2, 0) is 14.4 Å². The fourth-order valence-electron chi connectivity index (χ4n) is 3.59. The molecule has 0 aromatic heterocycles. The Bertz CT molecular complexity index is 518. The summed E-state index contributed by atoms with van der Waals surface area (Å²) in [5, 5.41) is 24.2. The van der Waals surface area contributed by atoms with E-state index in [4.69, 9.17) is 0 Å². The first kappa shape index (κ1) is 19.7. The molecule has 9 nitrogen and oxygen atoms in total. The number of amides is 3. The van der Waals surface area contributed by atoms with Crippen LogP contribution in [0.15, 0.2) is 0 Å². The predicted molar refractivity (Wildman–Crippen MR) is 91.2 cm³/mol. The molecule has 2 saturated heterocycles. The molecule has 3 atom stereocenters. The summed E-state index contributed by atoms with van der Waals surface area (Å²) in [6.45, 7) is 2.72. The molecular weight excluding hydrogens is 327 g/mol. The largest absolute Gasteiger partial charge is 0.475 e. The van der Waals surface area contributed by atoms with Crippen LogP contribution in [0.5, 0.6) is 0 Å². The minimum Gasteiger partial charge on any atom is -0.426 e. The van der Waals surface area contributed by atoms with Crippen molar-refractivity contribution < 1.29 is 24.4 Å². The van der Waals surface area contributed by atoms with Gasteiger partial charge in [0.25, 0.3) is 0 Å². The summed E-state index contributed by atoms with van der Waals surface area (Å²) in [5.41, 5.74) is 0. The number of likely N-dealkylation sites (tertiary alicyclic amines) is 2. The van der Waals surface area contributed by atoms with Gasteiger partial charge in [-0.15, -0.1) is 0 Å². The van der Waals surface area contributed by atoms with Gasteiger partial charge in [-0.25, -0.2) is 0 Å². The van der Waals surface area contributed by atoms with Gasteiger partial charge < -0.3 is 30.5 Å². The van der Waals surface area contributed by atoms with E-state index in [1.54, 1.807) is 18.9 Å². The maximum Gasteiger partial charge on any atom is 0.475 e. The Hall–Kier alpha value is -1.65. The van der Waals surface area contributed by atoms with Crippen LogP contribution in [0.1, 0.15) is 32.6 Å². The standard InChI is InChI=1S/C15H27BN4O5/c1-10(15(23)20-8-4-6-12(20)16(24)25)18-14(22)11-5-3-7-19(11)13(21)9-17-2/h10-12,17,24-25H,3-9H2,1-2H3,(H,18,22)/t10?,11-,12-/m0/s1. The second-order valence-corrected chi connectivity index (χ2v) is 6.66. The third kappa shape index (κ3) is 4.50. The van der Waals surface area contributed by atoms with Crippen LogP contribution in [0.2, 0.25) is 0 Å². The van der Waals surface area contributed by atoms with Crippen molar-refractivity contribution in [1.29, 1.82) is 0 Å². The Labute approximate surface area is 147 Å². The Morgan fingerprint density at radius 3 is 2.44 bits per heavy atom. The molecule has 0 aliphatic carbocycles. The lowest BCUT2D eigenvalue weighted by Gasteiger charge is -2.29. The topological polar surface area (TPSA) is 122 Å². The number of nitrogens with zero attached hydrogens (tertiary/aromatic N) is 2. The molecule has 0 aromatic rings. The second kappa shape index (κ2) is 8.64. The van der Waals surface area contributed by atoms with Gasteiger partial charge in [-0.2, -0.15) is 0 Å². The quantitative estimate of drug-likeness (QED) is 0.398. The number of likely N-dealkylation sites (N-methyl/N-ethyl adjacent to an activating group) is 1. The molecule has 0 bridgehead atoms. The van der Waals surface area contributed by atoms with Crippen molar-refractivity contribution in [2.45, 2.75) is 50.6 Å². The second-order valence-electron chi connectivity index (χ2n) is 6.66. The van der Waals surface area contributed by atoms with Gasteiger partial charge >= 0.3 is 7.12 Å². The van der Waals surface area contributed by atoms with Gasteiger partial charge in [0, 0.05) is 13.1 Å². The van der Waals surface area contributed by atoms with Gasteiger partial charge in [0.15, 0.2) is 0 Å². The molecule has 10 heteroatoms. The maximum atomic E-state index is 12.5. The highest BCUT2D eigenvalue weighted by Crippen LogP contribution is 2.20. The highest BCUT2D eigenvalue weighted by Gasteiger charge is 2.40. The van der Waals surface area contributed by atoms with E-state index in [0.717, 1.165) is 6.42 Å². The van der Waals surface area contributed by atoms with Gasteiger partial charge in [-0.1, -0.05) is 0 Å². The molecule has 140 valence electrons. The predicted octanol–water partition coefficient (Wildman–Crippen LogP) is -2.30. The van der Waals surface area contributed by atoms with Gasteiger partial charge in [-0.05, 0) is 39.7 Å². The van der Waals surface area contributed by atoms with Crippen LogP contribution in [-0.4, -0.2) is 89.4 Å². The lowest BCUT2D eigenvalue weighted by atomic mass is 9.78. The molecule has 2 heterocycles. The van der Waals surface area contributed by atoms with Crippen molar-refractivity contribution in [3.63, 3.8) is 0 Å².